The van der Waals surface area contributed by atoms with E-state index in [0.717, 1.165) is 19.3 Å². The number of amides is 1. The number of aliphatic carboxylic acids is 1. The predicted molar refractivity (Wildman–Crippen MR) is 74.5 cm³/mol. The molecule has 1 aliphatic carbocycles. The zero-order valence-corrected chi connectivity index (χ0v) is 12.4. The van der Waals surface area contributed by atoms with Gasteiger partial charge in [0.15, 0.2) is 0 Å². The Morgan fingerprint density at radius 2 is 1.81 bits per heavy atom. The Morgan fingerprint density at radius 3 is 2.48 bits per heavy atom. The van der Waals surface area contributed by atoms with Crippen LogP contribution < -0.4 is 0 Å². The molecule has 2 fully saturated rings. The quantitative estimate of drug-likeness (QED) is 0.794. The lowest BCUT2D eigenvalue weighted by Crippen LogP contribution is -2.51. The molecule has 1 saturated heterocycles. The van der Waals surface area contributed by atoms with Gasteiger partial charge in [0.25, 0.3) is 0 Å². The summed E-state index contributed by atoms with van der Waals surface area (Å²) in [5.74, 6) is -2.55. The monoisotopic (exact) mass is 297 g/mol. The third kappa shape index (κ3) is 3.36. The van der Waals surface area contributed by atoms with Gasteiger partial charge < -0.3 is 14.7 Å². The van der Waals surface area contributed by atoms with Crippen LogP contribution in [0.1, 0.15) is 45.4 Å². The number of likely N-dealkylation sites (tertiary alicyclic amines) is 1. The Kier molecular flexibility index (Phi) is 5.20. The van der Waals surface area contributed by atoms with Gasteiger partial charge in [-0.15, -0.1) is 0 Å². The Labute approximate surface area is 124 Å². The van der Waals surface area contributed by atoms with Crippen molar-refractivity contribution in [3.8, 4) is 0 Å². The van der Waals surface area contributed by atoms with Crippen molar-refractivity contribution in [2.24, 2.45) is 11.8 Å². The van der Waals surface area contributed by atoms with Crippen molar-refractivity contribution in [2.45, 2.75) is 51.5 Å². The molecular weight excluding hydrogens is 274 g/mol. The van der Waals surface area contributed by atoms with E-state index in [0.29, 0.717) is 32.4 Å². The molecule has 118 valence electrons. The molecule has 1 N–H and O–H groups in total. The molecule has 0 bridgehead atoms. The summed E-state index contributed by atoms with van der Waals surface area (Å²) in [5, 5.41) is 9.23. The minimum absolute atomic E-state index is 0.183. The van der Waals surface area contributed by atoms with Crippen molar-refractivity contribution in [3.63, 3.8) is 0 Å². The standard InChI is InChI=1S/C15H23NO5/c1-2-21-15(20)12-8-3-4-9-16(12)13(17)10-6-5-7-11(10)14(18)19/h10-12H,2-9H2,1H3,(H,18,19). The predicted octanol–water partition coefficient (Wildman–Crippen LogP) is 1.43. The van der Waals surface area contributed by atoms with Gasteiger partial charge in [-0.3, -0.25) is 9.59 Å². The highest BCUT2D eigenvalue weighted by atomic mass is 16.5. The molecular formula is C15H23NO5. The van der Waals surface area contributed by atoms with E-state index in [4.69, 9.17) is 4.74 Å². The number of carboxylic acids is 1. The lowest BCUT2D eigenvalue weighted by molar-refractivity contribution is -0.160. The molecule has 1 saturated carbocycles. The molecule has 2 aliphatic rings. The molecule has 6 nitrogen and oxygen atoms in total. The number of nitrogens with zero attached hydrogens (tertiary/aromatic N) is 1. The molecule has 0 aromatic heterocycles. The van der Waals surface area contributed by atoms with Crippen LogP contribution in [-0.2, 0) is 19.1 Å². The second-order valence-electron chi connectivity index (χ2n) is 5.78. The van der Waals surface area contributed by atoms with Gasteiger partial charge >= 0.3 is 11.9 Å². The highest BCUT2D eigenvalue weighted by Crippen LogP contribution is 2.35. The number of carbonyl (C=O) groups excluding carboxylic acids is 2. The minimum Gasteiger partial charge on any atom is -0.481 e. The first-order valence-electron chi connectivity index (χ1n) is 7.76. The number of piperidine rings is 1. The smallest absolute Gasteiger partial charge is 0.328 e. The van der Waals surface area contributed by atoms with Gasteiger partial charge in [0, 0.05) is 6.54 Å². The summed E-state index contributed by atoms with van der Waals surface area (Å²) in [7, 11) is 0. The zero-order valence-electron chi connectivity index (χ0n) is 12.4. The summed E-state index contributed by atoms with van der Waals surface area (Å²) in [6.07, 6.45) is 4.25. The van der Waals surface area contributed by atoms with E-state index in [1.54, 1.807) is 11.8 Å². The highest BCUT2D eigenvalue weighted by molar-refractivity contribution is 5.89. The molecule has 21 heavy (non-hydrogen) atoms. The molecule has 0 spiro atoms. The fraction of sp³-hybridized carbons (Fsp3) is 0.800. The van der Waals surface area contributed by atoms with Gasteiger partial charge in [-0.1, -0.05) is 6.42 Å². The summed E-state index contributed by atoms with van der Waals surface area (Å²) < 4.78 is 5.05. The fourth-order valence-electron chi connectivity index (χ4n) is 3.44. The lowest BCUT2D eigenvalue weighted by atomic mass is 9.92. The molecule has 3 unspecified atom stereocenters. The van der Waals surface area contributed by atoms with Crippen LogP contribution in [0.25, 0.3) is 0 Å². The number of carboxylic acid groups (broad SMARTS) is 1. The summed E-state index contributed by atoms with van der Waals surface area (Å²) in [6.45, 7) is 2.55. The number of hydrogen-bond donors (Lipinski definition) is 1. The topological polar surface area (TPSA) is 83.9 Å². The van der Waals surface area contributed by atoms with Crippen molar-refractivity contribution in [3.05, 3.63) is 0 Å². The second kappa shape index (κ2) is 6.91. The first kappa shape index (κ1) is 15.8. The van der Waals surface area contributed by atoms with Crippen LogP contribution in [0.5, 0.6) is 0 Å². The lowest BCUT2D eigenvalue weighted by Gasteiger charge is -2.36. The summed E-state index contributed by atoms with van der Waals surface area (Å²) in [5.41, 5.74) is 0. The average Bonchev–Trinajstić information content (AvgIpc) is 2.96. The molecule has 3 atom stereocenters. The Bertz CT molecular complexity index is 422. The van der Waals surface area contributed by atoms with Crippen molar-refractivity contribution >= 4 is 17.8 Å². The van der Waals surface area contributed by atoms with Gasteiger partial charge in [0.2, 0.25) is 5.91 Å². The number of rotatable bonds is 4. The van der Waals surface area contributed by atoms with Crippen molar-refractivity contribution < 1.29 is 24.2 Å². The van der Waals surface area contributed by atoms with E-state index in [2.05, 4.69) is 0 Å². The van der Waals surface area contributed by atoms with E-state index >= 15 is 0 Å². The molecule has 2 rings (SSSR count). The minimum atomic E-state index is -0.907. The molecule has 1 heterocycles. The summed E-state index contributed by atoms with van der Waals surface area (Å²) in [6, 6.07) is -0.541. The number of carbonyl (C=O) groups is 3. The first-order valence-corrected chi connectivity index (χ1v) is 7.76. The first-order chi connectivity index (χ1) is 10.1. The molecule has 6 heteroatoms. The highest BCUT2D eigenvalue weighted by Gasteiger charge is 2.43. The van der Waals surface area contributed by atoms with Gasteiger partial charge in [-0.25, -0.2) is 4.79 Å². The Balaban J connectivity index is 2.11. The number of hydrogen-bond acceptors (Lipinski definition) is 4. The van der Waals surface area contributed by atoms with E-state index in [1.165, 1.54) is 0 Å². The molecule has 0 radical (unpaired) electrons. The number of esters is 1. The van der Waals surface area contributed by atoms with E-state index in [1.807, 2.05) is 0 Å². The van der Waals surface area contributed by atoms with E-state index < -0.39 is 23.8 Å². The van der Waals surface area contributed by atoms with Gasteiger partial charge in [0.1, 0.15) is 6.04 Å². The van der Waals surface area contributed by atoms with Crippen LogP contribution in [-0.4, -0.2) is 47.0 Å². The van der Waals surface area contributed by atoms with E-state index in [9.17, 15) is 19.5 Å². The van der Waals surface area contributed by atoms with Crippen LogP contribution in [0.2, 0.25) is 0 Å². The van der Waals surface area contributed by atoms with Crippen LogP contribution in [0, 0.1) is 11.8 Å². The zero-order chi connectivity index (χ0) is 15.4. The maximum Gasteiger partial charge on any atom is 0.328 e. The van der Waals surface area contributed by atoms with Crippen LogP contribution >= 0.6 is 0 Å². The maximum absolute atomic E-state index is 12.7. The second-order valence-corrected chi connectivity index (χ2v) is 5.78. The van der Waals surface area contributed by atoms with Crippen molar-refractivity contribution in [1.29, 1.82) is 0 Å². The van der Waals surface area contributed by atoms with Gasteiger partial charge in [-0.05, 0) is 39.0 Å². The Morgan fingerprint density at radius 1 is 1.10 bits per heavy atom. The van der Waals surface area contributed by atoms with Crippen LogP contribution in [0.3, 0.4) is 0 Å². The molecule has 0 aromatic carbocycles. The largest absolute Gasteiger partial charge is 0.481 e. The van der Waals surface area contributed by atoms with Crippen LogP contribution in [0.15, 0.2) is 0 Å². The summed E-state index contributed by atoms with van der Waals surface area (Å²) >= 11 is 0. The van der Waals surface area contributed by atoms with Gasteiger partial charge in [0.05, 0.1) is 18.4 Å². The third-order valence-corrected chi connectivity index (χ3v) is 4.49. The van der Waals surface area contributed by atoms with E-state index in [-0.39, 0.29) is 11.9 Å². The normalized spacial score (nSPS) is 29.2. The maximum atomic E-state index is 12.7. The summed E-state index contributed by atoms with van der Waals surface area (Å²) in [4.78, 5) is 37.5. The van der Waals surface area contributed by atoms with Gasteiger partial charge in [-0.2, -0.15) is 0 Å². The molecule has 1 aliphatic heterocycles. The Hall–Kier alpha value is -1.59. The van der Waals surface area contributed by atoms with Crippen molar-refractivity contribution in [1.82, 2.24) is 4.90 Å². The third-order valence-electron chi connectivity index (χ3n) is 4.49. The average molecular weight is 297 g/mol. The van der Waals surface area contributed by atoms with Crippen molar-refractivity contribution in [2.75, 3.05) is 13.2 Å². The number of ether oxygens (including phenoxy) is 1. The fourth-order valence-corrected chi connectivity index (χ4v) is 3.44. The SMILES string of the molecule is CCOC(=O)C1CCCCN1C(=O)C1CCCC1C(=O)O. The molecule has 0 aromatic rings. The van der Waals surface area contributed by atoms with Crippen LogP contribution in [0.4, 0.5) is 0 Å². The molecule has 1 amide bonds.